The summed E-state index contributed by atoms with van der Waals surface area (Å²) < 4.78 is 5.98. The average molecular weight is 381 g/mol. The van der Waals surface area contributed by atoms with Crippen LogP contribution in [0.3, 0.4) is 0 Å². The fraction of sp³-hybridized carbons (Fsp3) is 0.261. The SMILES string of the molecule is Cl.c1ccc(COc2ccccc2CNCc2ccc3c(c2)CCC3)nc1. The van der Waals surface area contributed by atoms with Gasteiger partial charge in [-0.2, -0.15) is 0 Å². The number of fused-ring (bicyclic) bond motifs is 1. The van der Waals surface area contributed by atoms with Gasteiger partial charge in [0.2, 0.25) is 0 Å². The van der Waals surface area contributed by atoms with Crippen molar-refractivity contribution in [2.75, 3.05) is 0 Å². The predicted octanol–water partition coefficient (Wildman–Crippen LogP) is 4.86. The van der Waals surface area contributed by atoms with Gasteiger partial charge in [-0.05, 0) is 54.2 Å². The van der Waals surface area contributed by atoms with Gasteiger partial charge in [0.15, 0.2) is 0 Å². The highest BCUT2D eigenvalue weighted by Crippen LogP contribution is 2.23. The molecule has 1 aromatic heterocycles. The number of halogens is 1. The van der Waals surface area contributed by atoms with E-state index in [1.165, 1.54) is 41.5 Å². The second-order valence-electron chi connectivity index (χ2n) is 6.78. The zero-order valence-electron chi connectivity index (χ0n) is 15.4. The molecule has 1 N–H and O–H groups in total. The molecule has 0 amide bonds. The van der Waals surface area contributed by atoms with Crippen molar-refractivity contribution in [3.8, 4) is 5.75 Å². The summed E-state index contributed by atoms with van der Waals surface area (Å²) in [4.78, 5) is 4.31. The number of aryl methyl sites for hydroxylation is 2. The van der Waals surface area contributed by atoms with Gasteiger partial charge in [-0.15, -0.1) is 12.4 Å². The first-order valence-electron chi connectivity index (χ1n) is 9.30. The third-order valence-corrected chi connectivity index (χ3v) is 4.88. The maximum Gasteiger partial charge on any atom is 0.130 e. The molecule has 3 nitrogen and oxygen atoms in total. The van der Waals surface area contributed by atoms with Crippen LogP contribution >= 0.6 is 12.4 Å². The Kier molecular flexibility index (Phi) is 6.86. The number of nitrogens with zero attached hydrogens (tertiary/aromatic N) is 1. The minimum atomic E-state index is 0. The molecule has 0 saturated carbocycles. The van der Waals surface area contributed by atoms with Crippen LogP contribution in [0, 0.1) is 0 Å². The Bertz CT molecular complexity index is 867. The van der Waals surface area contributed by atoms with E-state index in [0.29, 0.717) is 6.61 Å². The fourth-order valence-corrected chi connectivity index (χ4v) is 3.50. The summed E-state index contributed by atoms with van der Waals surface area (Å²) >= 11 is 0. The molecule has 0 fully saturated rings. The van der Waals surface area contributed by atoms with Gasteiger partial charge < -0.3 is 10.1 Å². The average Bonchev–Trinajstić information content (AvgIpc) is 3.16. The van der Waals surface area contributed by atoms with E-state index in [2.05, 4.69) is 40.6 Å². The largest absolute Gasteiger partial charge is 0.487 e. The van der Waals surface area contributed by atoms with E-state index in [0.717, 1.165) is 24.5 Å². The Labute approximate surface area is 167 Å². The topological polar surface area (TPSA) is 34.1 Å². The summed E-state index contributed by atoms with van der Waals surface area (Å²) in [5, 5.41) is 3.55. The summed E-state index contributed by atoms with van der Waals surface area (Å²) in [6.45, 7) is 2.15. The first-order chi connectivity index (χ1) is 12.9. The molecule has 27 heavy (non-hydrogen) atoms. The normalized spacial score (nSPS) is 12.3. The van der Waals surface area contributed by atoms with Crippen LogP contribution in [0.5, 0.6) is 5.75 Å². The summed E-state index contributed by atoms with van der Waals surface area (Å²) in [7, 11) is 0. The van der Waals surface area contributed by atoms with E-state index >= 15 is 0 Å². The minimum Gasteiger partial charge on any atom is -0.487 e. The van der Waals surface area contributed by atoms with Crippen LogP contribution in [-0.2, 0) is 32.5 Å². The van der Waals surface area contributed by atoms with Crippen molar-refractivity contribution in [3.63, 3.8) is 0 Å². The Morgan fingerprint density at radius 2 is 1.74 bits per heavy atom. The third kappa shape index (κ3) is 5.09. The lowest BCUT2D eigenvalue weighted by atomic mass is 10.1. The molecule has 1 aliphatic carbocycles. The van der Waals surface area contributed by atoms with Gasteiger partial charge in [0.25, 0.3) is 0 Å². The summed E-state index contributed by atoms with van der Waals surface area (Å²) in [5.41, 5.74) is 6.53. The van der Waals surface area contributed by atoms with Crippen molar-refractivity contribution in [1.29, 1.82) is 0 Å². The molecule has 0 spiro atoms. The zero-order chi connectivity index (χ0) is 17.6. The molecule has 0 unspecified atom stereocenters. The number of nitrogens with one attached hydrogen (secondary N) is 1. The Hall–Kier alpha value is -2.36. The van der Waals surface area contributed by atoms with Crippen molar-refractivity contribution in [2.45, 2.75) is 39.0 Å². The lowest BCUT2D eigenvalue weighted by molar-refractivity contribution is 0.297. The number of para-hydroxylation sites is 1. The maximum atomic E-state index is 5.98. The van der Waals surface area contributed by atoms with Crippen LogP contribution in [0.25, 0.3) is 0 Å². The van der Waals surface area contributed by atoms with Gasteiger partial charge in [0.05, 0.1) is 5.69 Å². The van der Waals surface area contributed by atoms with Gasteiger partial charge in [0.1, 0.15) is 12.4 Å². The monoisotopic (exact) mass is 380 g/mol. The minimum absolute atomic E-state index is 0. The third-order valence-electron chi connectivity index (χ3n) is 4.88. The lowest BCUT2D eigenvalue weighted by Crippen LogP contribution is -2.14. The van der Waals surface area contributed by atoms with E-state index in [1.54, 1.807) is 6.20 Å². The van der Waals surface area contributed by atoms with Crippen molar-refractivity contribution in [2.24, 2.45) is 0 Å². The number of hydrogen-bond acceptors (Lipinski definition) is 3. The zero-order valence-corrected chi connectivity index (χ0v) is 16.2. The molecule has 1 heterocycles. The highest BCUT2D eigenvalue weighted by atomic mass is 35.5. The number of benzene rings is 2. The van der Waals surface area contributed by atoms with Crippen molar-refractivity contribution in [3.05, 3.63) is 94.8 Å². The number of aromatic nitrogens is 1. The molecule has 140 valence electrons. The number of hydrogen-bond donors (Lipinski definition) is 1. The molecule has 0 bridgehead atoms. The van der Waals surface area contributed by atoms with Gasteiger partial charge in [-0.25, -0.2) is 0 Å². The van der Waals surface area contributed by atoms with Crippen LogP contribution in [0.15, 0.2) is 66.9 Å². The number of ether oxygens (including phenoxy) is 1. The Morgan fingerprint density at radius 3 is 2.63 bits per heavy atom. The van der Waals surface area contributed by atoms with Crippen LogP contribution in [0.4, 0.5) is 0 Å². The second-order valence-corrected chi connectivity index (χ2v) is 6.78. The molecule has 4 heteroatoms. The lowest BCUT2D eigenvalue weighted by Gasteiger charge is -2.12. The van der Waals surface area contributed by atoms with Crippen LogP contribution in [0.1, 0.15) is 34.4 Å². The molecule has 1 aliphatic rings. The molecular formula is C23H25ClN2O. The highest BCUT2D eigenvalue weighted by Gasteiger charge is 2.10. The van der Waals surface area contributed by atoms with E-state index < -0.39 is 0 Å². The molecule has 4 rings (SSSR count). The molecule has 3 aromatic rings. The van der Waals surface area contributed by atoms with Crippen LogP contribution in [-0.4, -0.2) is 4.98 Å². The predicted molar refractivity (Wildman–Crippen MR) is 111 cm³/mol. The number of pyridine rings is 1. The van der Waals surface area contributed by atoms with E-state index in [1.807, 2.05) is 30.3 Å². The summed E-state index contributed by atoms with van der Waals surface area (Å²) in [5.74, 6) is 0.916. The van der Waals surface area contributed by atoms with Crippen molar-refractivity contribution < 1.29 is 4.74 Å². The smallest absolute Gasteiger partial charge is 0.130 e. The summed E-state index contributed by atoms with van der Waals surface area (Å²) in [6, 6.07) is 21.0. The first kappa shape index (κ1) is 19.4. The van der Waals surface area contributed by atoms with E-state index in [-0.39, 0.29) is 12.4 Å². The Balaban J connectivity index is 0.00000210. The van der Waals surface area contributed by atoms with Crippen molar-refractivity contribution in [1.82, 2.24) is 10.3 Å². The fourth-order valence-electron chi connectivity index (χ4n) is 3.50. The molecule has 0 aliphatic heterocycles. The molecular weight excluding hydrogens is 356 g/mol. The molecule has 0 radical (unpaired) electrons. The summed E-state index contributed by atoms with van der Waals surface area (Å²) in [6.07, 6.45) is 5.56. The highest BCUT2D eigenvalue weighted by molar-refractivity contribution is 5.85. The number of rotatable bonds is 7. The van der Waals surface area contributed by atoms with Crippen molar-refractivity contribution >= 4 is 12.4 Å². The van der Waals surface area contributed by atoms with E-state index in [9.17, 15) is 0 Å². The molecule has 0 atom stereocenters. The maximum absolute atomic E-state index is 5.98. The van der Waals surface area contributed by atoms with Crippen LogP contribution in [0.2, 0.25) is 0 Å². The first-order valence-corrected chi connectivity index (χ1v) is 9.30. The van der Waals surface area contributed by atoms with Gasteiger partial charge in [-0.1, -0.05) is 42.5 Å². The Morgan fingerprint density at radius 1 is 0.889 bits per heavy atom. The van der Waals surface area contributed by atoms with E-state index in [4.69, 9.17) is 4.74 Å². The van der Waals surface area contributed by atoms with Gasteiger partial charge in [0, 0.05) is 24.8 Å². The quantitative estimate of drug-likeness (QED) is 0.635. The molecule has 2 aromatic carbocycles. The molecule has 0 saturated heterocycles. The van der Waals surface area contributed by atoms with Crippen LogP contribution < -0.4 is 10.1 Å². The van der Waals surface area contributed by atoms with Gasteiger partial charge in [-0.3, -0.25) is 4.98 Å². The second kappa shape index (κ2) is 9.54. The van der Waals surface area contributed by atoms with Gasteiger partial charge >= 0.3 is 0 Å². The standard InChI is InChI=1S/C23H24N2O.ClH/c1-2-10-23(26-17-22-9-3-4-13-25-22)21(6-1)16-24-15-18-11-12-19-7-5-8-20(19)14-18;/h1-4,6,9-14,24H,5,7-8,15-17H2;1H.